The van der Waals surface area contributed by atoms with Gasteiger partial charge in [-0.15, -0.1) is 6.58 Å². The zero-order valence-electron chi connectivity index (χ0n) is 7.90. The molecule has 1 heterocycles. The van der Waals surface area contributed by atoms with E-state index >= 15 is 0 Å². The smallest absolute Gasteiger partial charge is 0.255 e. The molecule has 0 spiro atoms. The van der Waals surface area contributed by atoms with Crippen LogP contribution in [-0.2, 0) is 0 Å². The summed E-state index contributed by atoms with van der Waals surface area (Å²) in [6, 6.07) is 3.48. The molecular weight excluding hydrogens is 244 g/mol. The second kappa shape index (κ2) is 4.91. The molecule has 0 aliphatic heterocycles. The molecule has 0 radical (unpaired) electrons. The van der Waals surface area contributed by atoms with E-state index in [0.29, 0.717) is 12.1 Å². The van der Waals surface area contributed by atoms with Gasteiger partial charge in [0.1, 0.15) is 4.60 Å². The quantitative estimate of drug-likeness (QED) is 0.612. The third-order valence-electron chi connectivity index (χ3n) is 1.72. The number of pyridine rings is 1. The lowest BCUT2D eigenvalue weighted by Gasteiger charge is -2.14. The van der Waals surface area contributed by atoms with Gasteiger partial charge < -0.3 is 4.90 Å². The van der Waals surface area contributed by atoms with Crippen molar-refractivity contribution in [3.8, 4) is 0 Å². The van der Waals surface area contributed by atoms with E-state index in [1.807, 2.05) is 0 Å². The number of amides is 1. The normalized spacial score (nSPS) is 9.57. The summed E-state index contributed by atoms with van der Waals surface area (Å²) in [6.07, 6.45) is 3.23. The Bertz CT molecular complexity index is 334. The second-order valence-corrected chi connectivity index (χ2v) is 3.66. The van der Waals surface area contributed by atoms with Crippen LogP contribution in [0.3, 0.4) is 0 Å². The molecule has 1 aromatic rings. The van der Waals surface area contributed by atoms with Crippen molar-refractivity contribution in [1.29, 1.82) is 0 Å². The fraction of sp³-hybridized carbons (Fsp3) is 0.200. The van der Waals surface area contributed by atoms with Gasteiger partial charge in [0.2, 0.25) is 0 Å². The van der Waals surface area contributed by atoms with Gasteiger partial charge in [0.05, 0.1) is 5.56 Å². The maximum Gasteiger partial charge on any atom is 0.255 e. The van der Waals surface area contributed by atoms with Crippen LogP contribution in [0.2, 0.25) is 0 Å². The van der Waals surface area contributed by atoms with E-state index in [1.165, 1.54) is 0 Å². The number of hydrogen-bond acceptors (Lipinski definition) is 2. The monoisotopic (exact) mass is 254 g/mol. The Kier molecular flexibility index (Phi) is 3.83. The van der Waals surface area contributed by atoms with Crippen molar-refractivity contribution >= 4 is 21.8 Å². The maximum atomic E-state index is 11.7. The van der Waals surface area contributed by atoms with Crippen LogP contribution in [0.1, 0.15) is 10.4 Å². The first kappa shape index (κ1) is 10.9. The molecule has 0 saturated carbocycles. The van der Waals surface area contributed by atoms with Crippen LogP contribution in [-0.4, -0.2) is 29.4 Å². The highest BCUT2D eigenvalue weighted by atomic mass is 79.9. The van der Waals surface area contributed by atoms with Gasteiger partial charge in [-0.05, 0) is 28.1 Å². The van der Waals surface area contributed by atoms with Crippen LogP contribution >= 0.6 is 15.9 Å². The molecule has 0 unspecified atom stereocenters. The molecular formula is C10H11BrN2O. The molecule has 74 valence electrons. The van der Waals surface area contributed by atoms with Gasteiger partial charge in [0.25, 0.3) is 5.91 Å². The molecule has 4 heteroatoms. The number of aromatic nitrogens is 1. The van der Waals surface area contributed by atoms with E-state index in [9.17, 15) is 4.79 Å². The Morgan fingerprint density at radius 2 is 2.43 bits per heavy atom. The summed E-state index contributed by atoms with van der Waals surface area (Å²) in [5.74, 6) is -0.0510. The number of carbonyl (C=O) groups is 1. The van der Waals surface area contributed by atoms with Gasteiger partial charge in [-0.25, -0.2) is 4.98 Å². The topological polar surface area (TPSA) is 33.2 Å². The highest BCUT2D eigenvalue weighted by Crippen LogP contribution is 2.07. The van der Waals surface area contributed by atoms with Gasteiger partial charge in [-0.1, -0.05) is 6.08 Å². The average molecular weight is 255 g/mol. The maximum absolute atomic E-state index is 11.7. The standard InChI is InChI=1S/C10H11BrN2O/c1-3-6-13(2)10(14)8-4-5-9(11)12-7-8/h3-5,7H,1,6H2,2H3. The summed E-state index contributed by atoms with van der Waals surface area (Å²) < 4.78 is 0.723. The van der Waals surface area contributed by atoms with Crippen molar-refractivity contribution in [2.45, 2.75) is 0 Å². The van der Waals surface area contributed by atoms with Gasteiger partial charge in [-0.2, -0.15) is 0 Å². The predicted molar refractivity (Wildman–Crippen MR) is 59.1 cm³/mol. The Hall–Kier alpha value is -1.16. The minimum absolute atomic E-state index is 0.0510. The molecule has 3 nitrogen and oxygen atoms in total. The molecule has 1 amide bonds. The van der Waals surface area contributed by atoms with E-state index in [1.54, 1.807) is 36.4 Å². The summed E-state index contributed by atoms with van der Waals surface area (Å²) >= 11 is 3.21. The van der Waals surface area contributed by atoms with Crippen LogP contribution in [0.5, 0.6) is 0 Å². The number of hydrogen-bond donors (Lipinski definition) is 0. The Morgan fingerprint density at radius 1 is 1.71 bits per heavy atom. The minimum atomic E-state index is -0.0510. The number of halogens is 1. The van der Waals surface area contributed by atoms with E-state index in [0.717, 1.165) is 4.60 Å². The van der Waals surface area contributed by atoms with Crippen molar-refractivity contribution in [1.82, 2.24) is 9.88 Å². The lowest BCUT2D eigenvalue weighted by molar-refractivity contribution is 0.0810. The third-order valence-corrected chi connectivity index (χ3v) is 2.19. The van der Waals surface area contributed by atoms with Gasteiger partial charge in [0.15, 0.2) is 0 Å². The molecule has 0 saturated heterocycles. The van der Waals surface area contributed by atoms with Crippen molar-refractivity contribution in [2.75, 3.05) is 13.6 Å². The van der Waals surface area contributed by atoms with Gasteiger partial charge in [-0.3, -0.25) is 4.79 Å². The van der Waals surface area contributed by atoms with Crippen LogP contribution in [0.4, 0.5) is 0 Å². The molecule has 1 aromatic heterocycles. The van der Waals surface area contributed by atoms with Crippen molar-refractivity contribution in [2.24, 2.45) is 0 Å². The van der Waals surface area contributed by atoms with Crippen molar-refractivity contribution in [3.63, 3.8) is 0 Å². The third kappa shape index (κ3) is 2.67. The number of rotatable bonds is 3. The SMILES string of the molecule is C=CCN(C)C(=O)c1ccc(Br)nc1. The molecule has 0 aromatic carbocycles. The fourth-order valence-electron chi connectivity index (χ4n) is 0.999. The molecule has 14 heavy (non-hydrogen) atoms. The van der Waals surface area contributed by atoms with Crippen LogP contribution in [0.15, 0.2) is 35.6 Å². The highest BCUT2D eigenvalue weighted by Gasteiger charge is 2.09. The van der Waals surface area contributed by atoms with Crippen LogP contribution in [0, 0.1) is 0 Å². The van der Waals surface area contributed by atoms with E-state index in [-0.39, 0.29) is 5.91 Å². The fourth-order valence-corrected chi connectivity index (χ4v) is 1.23. The lowest BCUT2D eigenvalue weighted by atomic mass is 10.2. The van der Waals surface area contributed by atoms with E-state index < -0.39 is 0 Å². The zero-order valence-corrected chi connectivity index (χ0v) is 9.49. The van der Waals surface area contributed by atoms with Crippen molar-refractivity contribution < 1.29 is 4.79 Å². The Balaban J connectivity index is 2.78. The number of nitrogens with zero attached hydrogens (tertiary/aromatic N) is 2. The number of carbonyl (C=O) groups excluding carboxylic acids is 1. The minimum Gasteiger partial charge on any atom is -0.338 e. The van der Waals surface area contributed by atoms with Gasteiger partial charge in [0, 0.05) is 19.8 Å². The van der Waals surface area contributed by atoms with Crippen LogP contribution in [0.25, 0.3) is 0 Å². The summed E-state index contributed by atoms with van der Waals surface area (Å²) in [6.45, 7) is 4.11. The Morgan fingerprint density at radius 3 is 2.93 bits per heavy atom. The first-order chi connectivity index (χ1) is 6.65. The molecule has 0 N–H and O–H groups in total. The average Bonchev–Trinajstić information content (AvgIpc) is 2.18. The highest BCUT2D eigenvalue weighted by molar-refractivity contribution is 9.10. The summed E-state index contributed by atoms with van der Waals surface area (Å²) in [7, 11) is 1.73. The Labute approximate surface area is 91.6 Å². The largest absolute Gasteiger partial charge is 0.338 e. The summed E-state index contributed by atoms with van der Waals surface area (Å²) in [5, 5.41) is 0. The first-order valence-corrected chi connectivity index (χ1v) is 4.92. The summed E-state index contributed by atoms with van der Waals surface area (Å²) in [4.78, 5) is 17.2. The van der Waals surface area contributed by atoms with E-state index in [2.05, 4.69) is 27.5 Å². The molecule has 0 atom stereocenters. The lowest BCUT2D eigenvalue weighted by Crippen LogP contribution is -2.26. The first-order valence-electron chi connectivity index (χ1n) is 4.13. The zero-order chi connectivity index (χ0) is 10.6. The van der Waals surface area contributed by atoms with Crippen molar-refractivity contribution in [3.05, 3.63) is 41.2 Å². The van der Waals surface area contributed by atoms with E-state index in [4.69, 9.17) is 0 Å². The molecule has 1 rings (SSSR count). The van der Waals surface area contributed by atoms with Crippen LogP contribution < -0.4 is 0 Å². The molecule has 0 aliphatic carbocycles. The second-order valence-electron chi connectivity index (χ2n) is 2.84. The molecule has 0 aliphatic rings. The summed E-state index contributed by atoms with van der Waals surface area (Å²) in [5.41, 5.74) is 0.581. The molecule has 0 bridgehead atoms. The van der Waals surface area contributed by atoms with Gasteiger partial charge >= 0.3 is 0 Å². The molecule has 0 fully saturated rings. The predicted octanol–water partition coefficient (Wildman–Crippen LogP) is 2.10. The number of likely N-dealkylation sites (N-methyl/N-ethyl adjacent to an activating group) is 1.